The normalized spacial score (nSPS) is 15.1. The number of thiophene rings is 1. The number of carbonyl (C=O) groups excluding carboxylic acids is 1. The Kier molecular flexibility index (Phi) is 4.15. The Hall–Kier alpha value is -1.95. The van der Waals surface area contributed by atoms with Crippen LogP contribution in [0.15, 0.2) is 34.7 Å². The predicted octanol–water partition coefficient (Wildman–Crippen LogP) is 1.98. The minimum absolute atomic E-state index is 0.00229. The zero-order valence-electron chi connectivity index (χ0n) is 11.7. The van der Waals surface area contributed by atoms with Gasteiger partial charge >= 0.3 is 0 Å². The van der Waals surface area contributed by atoms with Crippen molar-refractivity contribution in [2.75, 3.05) is 13.1 Å². The number of hydrogen-bond donors (Lipinski definition) is 0. The van der Waals surface area contributed by atoms with Crippen LogP contribution in [0.5, 0.6) is 0 Å². The first-order valence-corrected chi connectivity index (χ1v) is 8.00. The Morgan fingerprint density at radius 1 is 1.29 bits per heavy atom. The van der Waals surface area contributed by atoms with Crippen molar-refractivity contribution in [2.45, 2.75) is 25.8 Å². The average Bonchev–Trinajstić information content (AvgIpc) is 3.04. The molecule has 1 fully saturated rings. The molecule has 110 valence electrons. The largest absolute Gasteiger partial charge is 0.341 e. The summed E-state index contributed by atoms with van der Waals surface area (Å²) in [6.07, 6.45) is 4.76. The molecule has 21 heavy (non-hydrogen) atoms. The summed E-state index contributed by atoms with van der Waals surface area (Å²) in [6.45, 7) is 1.68. The van der Waals surface area contributed by atoms with Crippen LogP contribution < -0.4 is 5.56 Å². The van der Waals surface area contributed by atoms with Gasteiger partial charge in [-0.1, -0.05) is 6.07 Å². The fourth-order valence-electron chi connectivity index (χ4n) is 2.49. The first-order valence-electron chi connectivity index (χ1n) is 7.12. The van der Waals surface area contributed by atoms with Crippen LogP contribution >= 0.6 is 11.3 Å². The number of piperidine rings is 1. The van der Waals surface area contributed by atoms with Crippen molar-refractivity contribution in [3.05, 3.63) is 40.3 Å². The van der Waals surface area contributed by atoms with Crippen molar-refractivity contribution in [1.82, 2.24) is 14.5 Å². The summed E-state index contributed by atoms with van der Waals surface area (Å²) >= 11 is 1.54. The first kappa shape index (κ1) is 14.0. The fourth-order valence-corrected chi connectivity index (χ4v) is 3.19. The molecule has 5 nitrogen and oxygen atoms in total. The van der Waals surface area contributed by atoms with Gasteiger partial charge in [0.2, 0.25) is 5.91 Å². The third-order valence-electron chi connectivity index (χ3n) is 3.67. The number of hydrogen-bond acceptors (Lipinski definition) is 4. The minimum atomic E-state index is -0.182. The number of aromatic nitrogens is 2. The highest BCUT2D eigenvalue weighted by atomic mass is 32.1. The number of carbonyl (C=O) groups is 1. The smallest absolute Gasteiger partial charge is 0.254 e. The van der Waals surface area contributed by atoms with Crippen LogP contribution in [-0.4, -0.2) is 33.4 Å². The van der Waals surface area contributed by atoms with Crippen LogP contribution in [0.2, 0.25) is 0 Å². The monoisotopic (exact) mass is 303 g/mol. The Morgan fingerprint density at radius 2 is 2.10 bits per heavy atom. The number of rotatable bonds is 3. The molecule has 1 saturated heterocycles. The molecule has 0 N–H and O–H groups in total. The number of nitrogens with zero attached hydrogens (tertiary/aromatic N) is 3. The average molecular weight is 303 g/mol. The van der Waals surface area contributed by atoms with Crippen LogP contribution in [0.1, 0.15) is 19.3 Å². The molecule has 0 aromatic carbocycles. The highest BCUT2D eigenvalue weighted by Gasteiger charge is 2.17. The van der Waals surface area contributed by atoms with E-state index in [2.05, 4.69) is 4.98 Å². The van der Waals surface area contributed by atoms with E-state index in [1.807, 2.05) is 22.4 Å². The Bertz CT molecular complexity index is 672. The van der Waals surface area contributed by atoms with Gasteiger partial charge in [0.25, 0.3) is 5.56 Å². The maximum atomic E-state index is 12.2. The second-order valence-electron chi connectivity index (χ2n) is 5.16. The highest BCUT2D eigenvalue weighted by molar-refractivity contribution is 7.13. The van der Waals surface area contributed by atoms with Gasteiger partial charge in [-0.15, -0.1) is 11.3 Å². The predicted molar refractivity (Wildman–Crippen MR) is 82.2 cm³/mol. The zero-order valence-corrected chi connectivity index (χ0v) is 12.5. The maximum Gasteiger partial charge on any atom is 0.254 e. The molecule has 1 aliphatic heterocycles. The summed E-state index contributed by atoms with van der Waals surface area (Å²) < 4.78 is 1.38. The SMILES string of the molecule is O=C(Cn1cnc(-c2cccs2)cc1=O)N1CCCCC1. The van der Waals surface area contributed by atoms with Crippen LogP contribution in [0.4, 0.5) is 0 Å². The topological polar surface area (TPSA) is 55.2 Å². The molecule has 0 bridgehead atoms. The lowest BCUT2D eigenvalue weighted by Crippen LogP contribution is -2.39. The van der Waals surface area contributed by atoms with Gasteiger partial charge in [-0.25, -0.2) is 4.98 Å². The molecule has 0 radical (unpaired) electrons. The van der Waals surface area contributed by atoms with Gasteiger partial charge in [0.15, 0.2) is 0 Å². The van der Waals surface area contributed by atoms with E-state index in [1.54, 1.807) is 11.3 Å². The molecule has 0 atom stereocenters. The van der Waals surface area contributed by atoms with E-state index in [9.17, 15) is 9.59 Å². The summed E-state index contributed by atoms with van der Waals surface area (Å²) in [4.78, 5) is 31.4. The molecule has 3 rings (SSSR count). The van der Waals surface area contributed by atoms with Crippen molar-refractivity contribution in [3.63, 3.8) is 0 Å². The second kappa shape index (κ2) is 6.22. The van der Waals surface area contributed by atoms with Gasteiger partial charge in [0.05, 0.1) is 16.9 Å². The van der Waals surface area contributed by atoms with Gasteiger partial charge in [-0.2, -0.15) is 0 Å². The number of amides is 1. The van der Waals surface area contributed by atoms with Crippen molar-refractivity contribution in [2.24, 2.45) is 0 Å². The Morgan fingerprint density at radius 3 is 2.76 bits per heavy atom. The van der Waals surface area contributed by atoms with E-state index in [-0.39, 0.29) is 18.0 Å². The Labute approximate surface area is 126 Å². The van der Waals surface area contributed by atoms with Crippen molar-refractivity contribution in [1.29, 1.82) is 0 Å². The van der Waals surface area contributed by atoms with Crippen molar-refractivity contribution in [3.8, 4) is 10.6 Å². The van der Waals surface area contributed by atoms with Gasteiger partial charge in [-0.05, 0) is 30.7 Å². The fraction of sp³-hybridized carbons (Fsp3) is 0.400. The second-order valence-corrected chi connectivity index (χ2v) is 6.11. The summed E-state index contributed by atoms with van der Waals surface area (Å²) in [5.41, 5.74) is 0.482. The zero-order chi connectivity index (χ0) is 14.7. The summed E-state index contributed by atoms with van der Waals surface area (Å²) in [5, 5.41) is 1.95. The lowest BCUT2D eigenvalue weighted by Gasteiger charge is -2.26. The molecule has 1 aliphatic rings. The van der Waals surface area contributed by atoms with Gasteiger partial charge in [-0.3, -0.25) is 14.2 Å². The van der Waals surface area contributed by atoms with E-state index >= 15 is 0 Å². The summed E-state index contributed by atoms with van der Waals surface area (Å²) in [6, 6.07) is 5.35. The molecule has 0 spiro atoms. The minimum Gasteiger partial charge on any atom is -0.341 e. The maximum absolute atomic E-state index is 12.2. The molecular weight excluding hydrogens is 286 g/mol. The molecule has 6 heteroatoms. The molecule has 3 heterocycles. The molecule has 0 aliphatic carbocycles. The third kappa shape index (κ3) is 3.21. The van der Waals surface area contributed by atoms with Crippen molar-refractivity contribution < 1.29 is 4.79 Å². The van der Waals surface area contributed by atoms with Gasteiger partial charge < -0.3 is 4.90 Å². The van der Waals surface area contributed by atoms with E-state index in [1.165, 1.54) is 23.4 Å². The molecule has 2 aromatic rings. The number of likely N-dealkylation sites (tertiary alicyclic amines) is 1. The van der Waals surface area contributed by atoms with Crippen LogP contribution in [0.25, 0.3) is 10.6 Å². The summed E-state index contributed by atoms with van der Waals surface area (Å²) in [5.74, 6) is 0.00229. The summed E-state index contributed by atoms with van der Waals surface area (Å²) in [7, 11) is 0. The van der Waals surface area contributed by atoms with Crippen LogP contribution in [-0.2, 0) is 11.3 Å². The van der Waals surface area contributed by atoms with E-state index < -0.39 is 0 Å². The van der Waals surface area contributed by atoms with Crippen molar-refractivity contribution >= 4 is 17.2 Å². The molecule has 0 saturated carbocycles. The van der Waals surface area contributed by atoms with Crippen LogP contribution in [0, 0.1) is 0 Å². The van der Waals surface area contributed by atoms with E-state index in [4.69, 9.17) is 0 Å². The van der Waals surface area contributed by atoms with Gasteiger partial charge in [0.1, 0.15) is 6.54 Å². The highest BCUT2D eigenvalue weighted by Crippen LogP contribution is 2.20. The van der Waals surface area contributed by atoms with Crippen LogP contribution in [0.3, 0.4) is 0 Å². The van der Waals surface area contributed by atoms with E-state index in [0.717, 1.165) is 30.8 Å². The molecule has 1 amide bonds. The van der Waals surface area contributed by atoms with E-state index in [0.29, 0.717) is 5.69 Å². The molecule has 0 unspecified atom stereocenters. The quantitative estimate of drug-likeness (QED) is 0.871. The lowest BCUT2D eigenvalue weighted by molar-refractivity contribution is -0.132. The standard InChI is InChI=1S/C15H17N3O2S/c19-14-9-12(13-5-4-8-21-13)16-11-18(14)10-15(20)17-6-2-1-3-7-17/h4-5,8-9,11H,1-3,6-7,10H2. The molecular formula is C15H17N3O2S. The Balaban J connectivity index is 1.74. The lowest BCUT2D eigenvalue weighted by atomic mass is 10.1. The van der Waals surface area contributed by atoms with Gasteiger partial charge in [0, 0.05) is 19.2 Å². The molecule has 2 aromatic heterocycles. The third-order valence-corrected chi connectivity index (χ3v) is 4.56. The first-order chi connectivity index (χ1) is 10.2.